The predicted molar refractivity (Wildman–Crippen MR) is 122 cm³/mol. The lowest BCUT2D eigenvalue weighted by atomic mass is 10.2. The van der Waals surface area contributed by atoms with Gasteiger partial charge in [0.25, 0.3) is 0 Å². The van der Waals surface area contributed by atoms with Crippen LogP contribution in [0.25, 0.3) is 0 Å². The highest BCUT2D eigenvalue weighted by Crippen LogP contribution is 2.23. The third-order valence-electron chi connectivity index (χ3n) is 5.58. The fraction of sp³-hybridized carbons (Fsp3) is 0.391. The second kappa shape index (κ2) is 9.90. The van der Waals surface area contributed by atoms with E-state index in [2.05, 4.69) is 15.0 Å². The summed E-state index contributed by atoms with van der Waals surface area (Å²) in [4.78, 5) is 6.87. The van der Waals surface area contributed by atoms with E-state index in [0.29, 0.717) is 55.1 Å². The number of aromatic nitrogens is 2. The van der Waals surface area contributed by atoms with Crippen molar-refractivity contribution in [2.24, 2.45) is 0 Å². The van der Waals surface area contributed by atoms with Gasteiger partial charge >= 0.3 is 0 Å². The van der Waals surface area contributed by atoms with Crippen LogP contribution in [0.5, 0.6) is 11.5 Å². The fourth-order valence-corrected chi connectivity index (χ4v) is 5.41. The van der Waals surface area contributed by atoms with Gasteiger partial charge in [0.05, 0.1) is 18.6 Å². The highest BCUT2D eigenvalue weighted by atomic mass is 32.2. The molecule has 0 radical (unpaired) electrons. The van der Waals surface area contributed by atoms with Crippen LogP contribution in [0, 0.1) is 13.8 Å². The SMILES string of the molecule is COc1ccc(OCc2noc(CN3CCN(S(=O)(=O)c4ccc(C)cc4C)CC3)n2)cc1. The van der Waals surface area contributed by atoms with Crippen LogP contribution in [0.2, 0.25) is 0 Å². The van der Waals surface area contributed by atoms with Crippen LogP contribution in [-0.2, 0) is 23.2 Å². The third-order valence-corrected chi connectivity index (χ3v) is 7.63. The number of methoxy groups -OCH3 is 1. The Morgan fingerprint density at radius 3 is 2.36 bits per heavy atom. The summed E-state index contributed by atoms with van der Waals surface area (Å²) in [7, 11) is -1.90. The molecule has 2 aromatic carbocycles. The topological polar surface area (TPSA) is 98.0 Å². The summed E-state index contributed by atoms with van der Waals surface area (Å²) in [6.45, 7) is 6.45. The van der Waals surface area contributed by atoms with Crippen molar-refractivity contribution in [3.05, 3.63) is 65.3 Å². The summed E-state index contributed by atoms with van der Waals surface area (Å²) in [6.07, 6.45) is 0. The lowest BCUT2D eigenvalue weighted by Gasteiger charge is -2.33. The molecule has 1 aliphatic rings. The average molecular weight is 473 g/mol. The van der Waals surface area contributed by atoms with Crippen molar-refractivity contribution in [2.75, 3.05) is 33.3 Å². The number of ether oxygens (including phenoxy) is 2. The smallest absolute Gasteiger partial charge is 0.243 e. The van der Waals surface area contributed by atoms with E-state index in [1.54, 1.807) is 17.5 Å². The van der Waals surface area contributed by atoms with Crippen molar-refractivity contribution < 1.29 is 22.4 Å². The minimum Gasteiger partial charge on any atom is -0.497 e. The van der Waals surface area contributed by atoms with E-state index < -0.39 is 10.0 Å². The molecule has 0 atom stereocenters. The molecule has 2 heterocycles. The summed E-state index contributed by atoms with van der Waals surface area (Å²) in [6, 6.07) is 12.7. The maximum Gasteiger partial charge on any atom is 0.243 e. The maximum atomic E-state index is 13.1. The first kappa shape index (κ1) is 23.2. The molecule has 0 unspecified atom stereocenters. The van der Waals surface area contributed by atoms with Gasteiger partial charge in [-0.05, 0) is 49.7 Å². The first-order chi connectivity index (χ1) is 15.8. The molecule has 33 heavy (non-hydrogen) atoms. The summed E-state index contributed by atoms with van der Waals surface area (Å²) in [5.41, 5.74) is 1.82. The van der Waals surface area contributed by atoms with Gasteiger partial charge in [0.1, 0.15) is 11.5 Å². The van der Waals surface area contributed by atoms with Crippen molar-refractivity contribution >= 4 is 10.0 Å². The summed E-state index contributed by atoms with van der Waals surface area (Å²) in [5.74, 6) is 2.38. The molecule has 0 saturated carbocycles. The van der Waals surface area contributed by atoms with E-state index in [1.165, 1.54) is 0 Å². The third kappa shape index (κ3) is 5.52. The van der Waals surface area contributed by atoms with Crippen molar-refractivity contribution in [3.63, 3.8) is 0 Å². The Bertz CT molecular complexity index is 1190. The van der Waals surface area contributed by atoms with Gasteiger partial charge < -0.3 is 14.0 Å². The molecule has 1 fully saturated rings. The molecular formula is C23H28N4O5S. The minimum atomic E-state index is -3.51. The Balaban J connectivity index is 1.29. The first-order valence-electron chi connectivity index (χ1n) is 10.7. The normalized spacial score (nSPS) is 15.5. The van der Waals surface area contributed by atoms with Crippen LogP contribution in [0.3, 0.4) is 0 Å². The number of benzene rings is 2. The number of hydrogen-bond donors (Lipinski definition) is 0. The Kier molecular flexibility index (Phi) is 6.96. The zero-order chi connectivity index (χ0) is 23.4. The van der Waals surface area contributed by atoms with E-state index in [-0.39, 0.29) is 6.61 Å². The van der Waals surface area contributed by atoms with E-state index in [1.807, 2.05) is 50.2 Å². The molecule has 3 aromatic rings. The number of hydrogen-bond acceptors (Lipinski definition) is 8. The van der Waals surface area contributed by atoms with Crippen molar-refractivity contribution in [1.29, 1.82) is 0 Å². The molecular weight excluding hydrogens is 444 g/mol. The molecule has 0 spiro atoms. The number of sulfonamides is 1. The molecule has 0 amide bonds. The van der Waals surface area contributed by atoms with Crippen molar-refractivity contribution in [3.8, 4) is 11.5 Å². The molecule has 9 nitrogen and oxygen atoms in total. The summed E-state index contributed by atoms with van der Waals surface area (Å²) < 4.78 is 43.8. The average Bonchev–Trinajstić information content (AvgIpc) is 3.25. The maximum absolute atomic E-state index is 13.1. The number of piperazine rings is 1. The van der Waals surface area contributed by atoms with Gasteiger partial charge in [-0.25, -0.2) is 8.42 Å². The van der Waals surface area contributed by atoms with Crippen LogP contribution in [-0.4, -0.2) is 61.1 Å². The van der Waals surface area contributed by atoms with Gasteiger partial charge in [0, 0.05) is 26.2 Å². The predicted octanol–water partition coefficient (Wildman–Crippen LogP) is 2.78. The molecule has 176 valence electrons. The minimum absolute atomic E-state index is 0.192. The molecule has 0 bridgehead atoms. The van der Waals surface area contributed by atoms with Gasteiger partial charge in [0.2, 0.25) is 21.7 Å². The molecule has 4 rings (SSSR count). The van der Waals surface area contributed by atoms with Crippen molar-refractivity contribution in [2.45, 2.75) is 31.9 Å². The lowest BCUT2D eigenvalue weighted by molar-refractivity contribution is 0.163. The number of rotatable bonds is 8. The van der Waals surface area contributed by atoms with E-state index >= 15 is 0 Å². The van der Waals surface area contributed by atoms with Crippen LogP contribution in [0.15, 0.2) is 51.9 Å². The molecule has 0 aliphatic carbocycles. The van der Waals surface area contributed by atoms with Crippen LogP contribution in [0.1, 0.15) is 22.8 Å². The largest absolute Gasteiger partial charge is 0.497 e. The van der Waals surface area contributed by atoms with Crippen molar-refractivity contribution in [1.82, 2.24) is 19.3 Å². The standard InChI is InChI=1S/C23H28N4O5S/c1-17-4-9-21(18(2)14-17)33(28,29)27-12-10-26(11-13-27)15-23-24-22(25-32-23)16-31-20-7-5-19(30-3)6-8-20/h4-9,14H,10-13,15-16H2,1-3H3. The monoisotopic (exact) mass is 472 g/mol. The first-order valence-corrected chi connectivity index (χ1v) is 12.2. The van der Waals surface area contributed by atoms with E-state index in [0.717, 1.165) is 16.9 Å². The zero-order valence-corrected chi connectivity index (χ0v) is 19.8. The Labute approximate surface area is 194 Å². The highest BCUT2D eigenvalue weighted by molar-refractivity contribution is 7.89. The Hall–Kier alpha value is -2.95. The van der Waals surface area contributed by atoms with E-state index in [9.17, 15) is 8.42 Å². The molecule has 1 aliphatic heterocycles. The Morgan fingerprint density at radius 1 is 1.00 bits per heavy atom. The molecule has 1 aromatic heterocycles. The van der Waals surface area contributed by atoms with Crippen LogP contribution < -0.4 is 9.47 Å². The quantitative estimate of drug-likeness (QED) is 0.494. The molecule has 0 N–H and O–H groups in total. The van der Waals surface area contributed by atoms with Gasteiger partial charge in [-0.1, -0.05) is 22.9 Å². The number of aryl methyl sites for hydroxylation is 2. The lowest BCUT2D eigenvalue weighted by Crippen LogP contribution is -2.48. The van der Waals surface area contributed by atoms with Gasteiger partial charge in [0.15, 0.2) is 6.61 Å². The van der Waals surface area contributed by atoms with Gasteiger partial charge in [-0.2, -0.15) is 9.29 Å². The van der Waals surface area contributed by atoms with E-state index in [4.69, 9.17) is 14.0 Å². The molecule has 1 saturated heterocycles. The van der Waals surface area contributed by atoms with Gasteiger partial charge in [-0.3, -0.25) is 4.90 Å². The second-order valence-corrected chi connectivity index (χ2v) is 9.92. The zero-order valence-electron chi connectivity index (χ0n) is 19.0. The number of nitrogens with zero attached hydrogens (tertiary/aromatic N) is 4. The van der Waals surface area contributed by atoms with Gasteiger partial charge in [-0.15, -0.1) is 0 Å². The van der Waals surface area contributed by atoms with Crippen LogP contribution in [0.4, 0.5) is 0 Å². The summed E-state index contributed by atoms with van der Waals surface area (Å²) >= 11 is 0. The Morgan fingerprint density at radius 2 is 1.70 bits per heavy atom. The van der Waals surface area contributed by atoms with Crippen LogP contribution >= 0.6 is 0 Å². The highest BCUT2D eigenvalue weighted by Gasteiger charge is 2.30. The fourth-order valence-electron chi connectivity index (χ4n) is 3.78. The summed E-state index contributed by atoms with van der Waals surface area (Å²) in [5, 5.41) is 3.97. The molecule has 10 heteroatoms. The second-order valence-electron chi connectivity index (χ2n) is 8.02.